The molecule has 118 valence electrons. The van der Waals surface area contributed by atoms with Crippen LogP contribution in [0.3, 0.4) is 0 Å². The van der Waals surface area contributed by atoms with E-state index in [0.717, 1.165) is 17.1 Å². The second-order valence-corrected chi connectivity index (χ2v) is 5.73. The third-order valence-corrected chi connectivity index (χ3v) is 4.05. The van der Waals surface area contributed by atoms with Gasteiger partial charge in [-0.15, -0.1) is 0 Å². The topological polar surface area (TPSA) is 69.8 Å². The van der Waals surface area contributed by atoms with E-state index in [1.807, 2.05) is 32.0 Å². The lowest BCUT2D eigenvalue weighted by molar-refractivity contribution is -0.115. The summed E-state index contributed by atoms with van der Waals surface area (Å²) in [5, 5.41) is 13.1. The summed E-state index contributed by atoms with van der Waals surface area (Å²) in [6.45, 7) is 8.30. The molecule has 0 saturated heterocycles. The average Bonchev–Trinajstić information content (AvgIpc) is 2.84. The first kappa shape index (κ1) is 16.2. The molecule has 1 amide bonds. The van der Waals surface area contributed by atoms with Gasteiger partial charge in [-0.2, -0.15) is 5.10 Å². The predicted molar refractivity (Wildman–Crippen MR) is 89.0 cm³/mol. The average molecular weight is 300 g/mol. The fourth-order valence-corrected chi connectivity index (χ4v) is 2.39. The Kier molecular flexibility index (Phi) is 5.33. The van der Waals surface area contributed by atoms with Crippen LogP contribution in [-0.4, -0.2) is 28.7 Å². The van der Waals surface area contributed by atoms with Gasteiger partial charge < -0.3 is 10.6 Å². The number of H-pyrrole nitrogens is 1. The van der Waals surface area contributed by atoms with Crippen molar-refractivity contribution in [3.8, 4) is 0 Å². The first-order chi connectivity index (χ1) is 10.5. The Morgan fingerprint density at radius 1 is 1.23 bits per heavy atom. The van der Waals surface area contributed by atoms with Crippen LogP contribution in [0.25, 0.3) is 0 Å². The molecule has 2 rings (SSSR count). The van der Waals surface area contributed by atoms with E-state index in [1.165, 1.54) is 5.56 Å². The van der Waals surface area contributed by atoms with Crippen molar-refractivity contribution in [2.45, 2.75) is 39.7 Å². The number of amides is 1. The minimum atomic E-state index is -0.0558. The van der Waals surface area contributed by atoms with Gasteiger partial charge in [0, 0.05) is 6.04 Å². The van der Waals surface area contributed by atoms with Crippen molar-refractivity contribution < 1.29 is 4.79 Å². The molecule has 0 aliphatic rings. The quantitative estimate of drug-likeness (QED) is 0.768. The first-order valence-electron chi connectivity index (χ1n) is 7.58. The number of nitrogens with zero attached hydrogens (tertiary/aromatic N) is 1. The minimum Gasteiger partial charge on any atom is -0.322 e. The summed E-state index contributed by atoms with van der Waals surface area (Å²) in [5.41, 5.74) is 3.72. The molecule has 0 aliphatic carbocycles. The molecule has 1 aromatic heterocycles. The number of aromatic amines is 1. The highest BCUT2D eigenvalue weighted by atomic mass is 16.1. The van der Waals surface area contributed by atoms with E-state index in [0.29, 0.717) is 5.92 Å². The van der Waals surface area contributed by atoms with Crippen molar-refractivity contribution in [3.05, 3.63) is 47.3 Å². The largest absolute Gasteiger partial charge is 0.322 e. The molecule has 0 unspecified atom stereocenters. The molecule has 2 atom stereocenters. The summed E-state index contributed by atoms with van der Waals surface area (Å²) in [5.74, 6) is 0.283. The van der Waals surface area contributed by atoms with Crippen LogP contribution in [0.4, 0.5) is 5.69 Å². The van der Waals surface area contributed by atoms with Crippen LogP contribution in [0, 0.1) is 13.8 Å². The molecule has 5 nitrogen and oxygen atoms in total. The molecule has 22 heavy (non-hydrogen) atoms. The fraction of sp³-hybridized carbons (Fsp3) is 0.412. The van der Waals surface area contributed by atoms with Crippen molar-refractivity contribution >= 4 is 11.6 Å². The summed E-state index contributed by atoms with van der Waals surface area (Å²) >= 11 is 0. The third-order valence-electron chi connectivity index (χ3n) is 4.05. The number of rotatable bonds is 6. The Balaban J connectivity index is 1.86. The molecule has 3 N–H and O–H groups in total. The van der Waals surface area contributed by atoms with Crippen LogP contribution < -0.4 is 10.6 Å². The summed E-state index contributed by atoms with van der Waals surface area (Å²) in [7, 11) is 0. The van der Waals surface area contributed by atoms with Gasteiger partial charge in [-0.3, -0.25) is 9.89 Å². The highest BCUT2D eigenvalue weighted by molar-refractivity contribution is 5.93. The number of hydrogen-bond donors (Lipinski definition) is 3. The number of nitrogens with one attached hydrogen (secondary N) is 3. The Bertz CT molecular complexity index is 601. The monoisotopic (exact) mass is 300 g/mol. The fourth-order valence-electron chi connectivity index (χ4n) is 2.39. The van der Waals surface area contributed by atoms with Crippen LogP contribution in [0.1, 0.15) is 36.7 Å². The van der Waals surface area contributed by atoms with Gasteiger partial charge in [0.15, 0.2) is 0 Å². The smallest absolute Gasteiger partial charge is 0.238 e. The van der Waals surface area contributed by atoms with E-state index in [1.54, 1.807) is 0 Å². The predicted octanol–water partition coefficient (Wildman–Crippen LogP) is 2.75. The molecular weight excluding hydrogens is 276 g/mol. The lowest BCUT2D eigenvalue weighted by atomic mass is 9.94. The molecule has 0 spiro atoms. The van der Waals surface area contributed by atoms with Crippen LogP contribution in [0.15, 0.2) is 30.3 Å². The summed E-state index contributed by atoms with van der Waals surface area (Å²) in [6, 6.07) is 10.5. The normalized spacial score (nSPS) is 13.6. The van der Waals surface area contributed by atoms with Gasteiger partial charge in [-0.05, 0) is 32.3 Å². The minimum absolute atomic E-state index is 0.0558. The number of benzene rings is 1. The van der Waals surface area contributed by atoms with Crippen molar-refractivity contribution in [2.24, 2.45) is 0 Å². The van der Waals surface area contributed by atoms with Crippen LogP contribution in [0.2, 0.25) is 0 Å². The van der Waals surface area contributed by atoms with Crippen molar-refractivity contribution in [3.63, 3.8) is 0 Å². The Hall–Kier alpha value is -2.14. The van der Waals surface area contributed by atoms with Crippen LogP contribution in [-0.2, 0) is 4.79 Å². The second kappa shape index (κ2) is 7.22. The van der Waals surface area contributed by atoms with Crippen LogP contribution >= 0.6 is 0 Å². The molecule has 0 saturated carbocycles. The molecule has 0 bridgehead atoms. The highest BCUT2D eigenvalue weighted by Gasteiger charge is 2.16. The van der Waals surface area contributed by atoms with Crippen molar-refractivity contribution in [1.82, 2.24) is 15.5 Å². The van der Waals surface area contributed by atoms with Gasteiger partial charge in [-0.1, -0.05) is 37.3 Å². The maximum absolute atomic E-state index is 12.1. The standard InChI is InChI=1S/C17H24N4O/c1-11(15-8-6-5-7-9-15)12(2)18-10-16(22)19-17-13(3)20-21-14(17)4/h5-9,11-12,18H,10H2,1-4H3,(H,19,22)(H,20,21)/t11-,12+/m0/s1. The van der Waals surface area contributed by atoms with Crippen molar-refractivity contribution in [1.29, 1.82) is 0 Å². The van der Waals surface area contributed by atoms with E-state index in [4.69, 9.17) is 0 Å². The van der Waals surface area contributed by atoms with E-state index in [9.17, 15) is 4.79 Å². The number of hydrogen-bond acceptors (Lipinski definition) is 3. The van der Waals surface area contributed by atoms with Crippen molar-refractivity contribution in [2.75, 3.05) is 11.9 Å². The summed E-state index contributed by atoms with van der Waals surface area (Å²) in [6.07, 6.45) is 0. The molecule has 1 heterocycles. The van der Waals surface area contributed by atoms with E-state index >= 15 is 0 Å². The zero-order valence-corrected chi connectivity index (χ0v) is 13.6. The van der Waals surface area contributed by atoms with Crippen LogP contribution in [0.5, 0.6) is 0 Å². The zero-order valence-electron chi connectivity index (χ0n) is 13.6. The van der Waals surface area contributed by atoms with Gasteiger partial charge in [0.1, 0.15) is 0 Å². The number of aromatic nitrogens is 2. The highest BCUT2D eigenvalue weighted by Crippen LogP contribution is 2.18. The van der Waals surface area contributed by atoms with Gasteiger partial charge in [0.05, 0.1) is 23.6 Å². The number of anilines is 1. The molecule has 0 fully saturated rings. The molecule has 2 aromatic rings. The lowest BCUT2D eigenvalue weighted by Crippen LogP contribution is -2.37. The summed E-state index contributed by atoms with van der Waals surface area (Å²) in [4.78, 5) is 12.1. The van der Waals surface area contributed by atoms with Gasteiger partial charge in [0.25, 0.3) is 0 Å². The summed E-state index contributed by atoms with van der Waals surface area (Å²) < 4.78 is 0. The SMILES string of the molecule is Cc1n[nH]c(C)c1NC(=O)CN[C@H](C)[C@H](C)c1ccccc1. The number of carbonyl (C=O) groups is 1. The third kappa shape index (κ3) is 3.95. The number of aryl methyl sites for hydroxylation is 2. The Morgan fingerprint density at radius 2 is 1.91 bits per heavy atom. The Morgan fingerprint density at radius 3 is 2.50 bits per heavy atom. The Labute approximate surface area is 131 Å². The van der Waals surface area contributed by atoms with E-state index < -0.39 is 0 Å². The van der Waals surface area contributed by atoms with Gasteiger partial charge in [-0.25, -0.2) is 0 Å². The molecule has 1 aromatic carbocycles. The van der Waals surface area contributed by atoms with Gasteiger partial charge in [0.2, 0.25) is 5.91 Å². The van der Waals surface area contributed by atoms with Gasteiger partial charge >= 0.3 is 0 Å². The maximum Gasteiger partial charge on any atom is 0.238 e. The van der Waals surface area contributed by atoms with E-state index in [-0.39, 0.29) is 18.5 Å². The zero-order chi connectivity index (χ0) is 16.1. The second-order valence-electron chi connectivity index (χ2n) is 5.73. The molecule has 0 aliphatic heterocycles. The number of carbonyl (C=O) groups excluding carboxylic acids is 1. The molecular formula is C17H24N4O. The molecule has 5 heteroatoms. The maximum atomic E-state index is 12.1. The van der Waals surface area contributed by atoms with E-state index in [2.05, 4.69) is 46.8 Å². The first-order valence-corrected chi connectivity index (χ1v) is 7.58. The molecule has 0 radical (unpaired) electrons. The lowest BCUT2D eigenvalue weighted by Gasteiger charge is -2.21.